The fraction of sp³-hybridized carbons (Fsp3) is 0.171. The van der Waals surface area contributed by atoms with E-state index in [1.165, 1.54) is 11.3 Å². The van der Waals surface area contributed by atoms with Gasteiger partial charge in [0.1, 0.15) is 6.61 Å². The van der Waals surface area contributed by atoms with Gasteiger partial charge in [0, 0.05) is 5.02 Å². The van der Waals surface area contributed by atoms with Crippen LogP contribution in [0.25, 0.3) is 16.8 Å². The van der Waals surface area contributed by atoms with E-state index in [2.05, 4.69) is 15.9 Å². The molecule has 4 aromatic carbocycles. The lowest BCUT2D eigenvalue weighted by Crippen LogP contribution is -2.40. The van der Waals surface area contributed by atoms with E-state index in [4.69, 9.17) is 30.8 Å². The lowest BCUT2D eigenvalue weighted by Gasteiger charge is -2.25. The number of halogens is 2. The second-order valence-corrected chi connectivity index (χ2v) is 12.6. The first-order valence-corrected chi connectivity index (χ1v) is 16.2. The fourth-order valence-electron chi connectivity index (χ4n) is 5.43. The minimum atomic E-state index is -0.710. The van der Waals surface area contributed by atoms with E-state index >= 15 is 0 Å². The summed E-state index contributed by atoms with van der Waals surface area (Å²) in [7, 11) is 1.57. The third-order valence-corrected chi connectivity index (χ3v) is 9.30. The number of carbonyl (C=O) groups is 1. The van der Waals surface area contributed by atoms with Crippen molar-refractivity contribution < 1.29 is 19.0 Å². The van der Waals surface area contributed by atoms with Crippen molar-refractivity contribution in [2.45, 2.75) is 26.5 Å². The summed E-state index contributed by atoms with van der Waals surface area (Å²) in [6.07, 6.45) is 1.80. The molecule has 10 heteroatoms. The Kier molecular flexibility index (Phi) is 8.94. The number of fused-ring (bicyclic) bond motifs is 2. The average molecular weight is 704 g/mol. The Hall–Kier alpha value is -4.18. The van der Waals surface area contributed by atoms with Gasteiger partial charge in [-0.2, -0.15) is 0 Å². The lowest BCUT2D eigenvalue weighted by molar-refractivity contribution is -0.139. The van der Waals surface area contributed by atoms with Gasteiger partial charge in [-0.1, -0.05) is 77.5 Å². The van der Waals surface area contributed by atoms with Crippen LogP contribution in [0.5, 0.6) is 11.5 Å². The van der Waals surface area contributed by atoms with Crippen molar-refractivity contribution in [3.8, 4) is 11.5 Å². The number of carbonyl (C=O) groups excluding carboxylic acids is 1. The first-order valence-electron chi connectivity index (χ1n) is 14.2. The Bertz CT molecular complexity index is 2150. The van der Waals surface area contributed by atoms with Gasteiger partial charge in [-0.05, 0) is 87.6 Å². The van der Waals surface area contributed by atoms with Crippen molar-refractivity contribution in [3.05, 3.63) is 136 Å². The molecule has 0 radical (unpaired) electrons. The van der Waals surface area contributed by atoms with E-state index in [-0.39, 0.29) is 12.2 Å². The summed E-state index contributed by atoms with van der Waals surface area (Å²) in [5.74, 6) is 0.553. The SMILES string of the molecule is CCOC(=O)C1=C(C)N=c2s/c(=C/c3cc(Br)c(OCc4ccc(Cl)cc4)c(OC)c3)c(=O)n2[C@H]1c1cccc2ccccc12. The van der Waals surface area contributed by atoms with Crippen LogP contribution in [0.3, 0.4) is 0 Å². The quantitative estimate of drug-likeness (QED) is 0.164. The largest absolute Gasteiger partial charge is 0.493 e. The van der Waals surface area contributed by atoms with Crippen LogP contribution < -0.4 is 24.4 Å². The van der Waals surface area contributed by atoms with Crippen molar-refractivity contribution in [3.63, 3.8) is 0 Å². The van der Waals surface area contributed by atoms with Crippen molar-refractivity contribution in [2.75, 3.05) is 13.7 Å². The summed E-state index contributed by atoms with van der Waals surface area (Å²) in [6, 6.07) is 24.2. The molecule has 7 nitrogen and oxygen atoms in total. The van der Waals surface area contributed by atoms with E-state index in [0.29, 0.717) is 48.2 Å². The zero-order valence-electron chi connectivity index (χ0n) is 24.7. The molecule has 0 amide bonds. The summed E-state index contributed by atoms with van der Waals surface area (Å²) in [5.41, 5.74) is 3.11. The summed E-state index contributed by atoms with van der Waals surface area (Å²) in [4.78, 5) is 32.8. The molecule has 0 unspecified atom stereocenters. The van der Waals surface area contributed by atoms with Crippen LogP contribution in [0.1, 0.15) is 36.6 Å². The van der Waals surface area contributed by atoms with Crippen LogP contribution in [0.2, 0.25) is 5.02 Å². The van der Waals surface area contributed by atoms with Crippen molar-refractivity contribution in [1.82, 2.24) is 4.57 Å². The molecule has 0 N–H and O–H groups in total. The predicted molar refractivity (Wildman–Crippen MR) is 181 cm³/mol. The monoisotopic (exact) mass is 702 g/mol. The number of benzene rings is 4. The van der Waals surface area contributed by atoms with Crippen molar-refractivity contribution in [1.29, 1.82) is 0 Å². The molecule has 0 saturated heterocycles. The number of ether oxygens (including phenoxy) is 3. The van der Waals surface area contributed by atoms with E-state index in [0.717, 1.165) is 27.5 Å². The minimum Gasteiger partial charge on any atom is -0.493 e. The molecule has 228 valence electrons. The van der Waals surface area contributed by atoms with Crippen LogP contribution >= 0.6 is 38.9 Å². The topological polar surface area (TPSA) is 79.1 Å². The number of hydrogen-bond donors (Lipinski definition) is 0. The van der Waals surface area contributed by atoms with Gasteiger partial charge >= 0.3 is 5.97 Å². The Labute approximate surface area is 276 Å². The number of allylic oxidation sites excluding steroid dienone is 1. The molecule has 1 aliphatic rings. The third kappa shape index (κ3) is 6.08. The number of rotatable bonds is 8. The normalized spacial score (nSPS) is 14.7. The molecule has 45 heavy (non-hydrogen) atoms. The molecule has 2 heterocycles. The standard InChI is InChI=1S/C35H28BrClN2O5S/c1-4-43-34(41)30-20(2)38-35-39(31(30)26-11-7-9-23-8-5-6-10-25(23)26)33(40)29(45-35)18-22-16-27(36)32(28(17-22)42-3)44-19-21-12-14-24(37)15-13-21/h5-18,31H,4,19H2,1-3H3/b29-18+/t31-/m0/s1. The zero-order valence-corrected chi connectivity index (χ0v) is 27.8. The van der Waals surface area contributed by atoms with E-state index in [1.807, 2.05) is 78.9 Å². The molecule has 1 aliphatic heterocycles. The lowest BCUT2D eigenvalue weighted by atomic mass is 9.91. The van der Waals surface area contributed by atoms with Gasteiger partial charge < -0.3 is 14.2 Å². The maximum absolute atomic E-state index is 14.2. The number of thiazole rings is 1. The number of hydrogen-bond acceptors (Lipinski definition) is 7. The van der Waals surface area contributed by atoms with E-state index in [1.54, 1.807) is 31.6 Å². The number of esters is 1. The van der Waals surface area contributed by atoms with Crippen LogP contribution in [0.15, 0.2) is 104 Å². The third-order valence-electron chi connectivity index (χ3n) is 7.48. The molecular formula is C35H28BrClN2O5S. The Morgan fingerprint density at radius 3 is 2.60 bits per heavy atom. The molecule has 0 fully saturated rings. The number of aromatic nitrogens is 1. The summed E-state index contributed by atoms with van der Waals surface area (Å²) < 4.78 is 19.9. The number of methoxy groups -OCH3 is 1. The highest BCUT2D eigenvalue weighted by Gasteiger charge is 2.34. The summed E-state index contributed by atoms with van der Waals surface area (Å²) >= 11 is 10.9. The van der Waals surface area contributed by atoms with Crippen molar-refractivity contribution >= 4 is 61.7 Å². The minimum absolute atomic E-state index is 0.207. The molecule has 1 aromatic heterocycles. The molecule has 5 aromatic rings. The molecule has 0 saturated carbocycles. The van der Waals surface area contributed by atoms with E-state index < -0.39 is 12.0 Å². The summed E-state index contributed by atoms with van der Waals surface area (Å²) in [5, 5.41) is 2.60. The molecule has 6 rings (SSSR count). The Balaban J connectivity index is 1.45. The van der Waals surface area contributed by atoms with Gasteiger partial charge in [-0.3, -0.25) is 9.36 Å². The fourth-order valence-corrected chi connectivity index (χ4v) is 7.17. The van der Waals surface area contributed by atoms with Crippen molar-refractivity contribution in [2.24, 2.45) is 4.99 Å². The maximum Gasteiger partial charge on any atom is 0.338 e. The molecule has 0 bridgehead atoms. The molecule has 1 atom stereocenters. The zero-order chi connectivity index (χ0) is 31.7. The predicted octanol–water partition coefficient (Wildman–Crippen LogP) is 6.96. The second-order valence-electron chi connectivity index (χ2n) is 10.3. The first-order chi connectivity index (χ1) is 21.8. The smallest absolute Gasteiger partial charge is 0.338 e. The van der Waals surface area contributed by atoms with Gasteiger partial charge in [0.2, 0.25) is 0 Å². The van der Waals surface area contributed by atoms with Crippen LogP contribution in [0.4, 0.5) is 0 Å². The number of nitrogens with zero attached hydrogens (tertiary/aromatic N) is 2. The van der Waals surface area contributed by atoms with E-state index in [9.17, 15) is 9.59 Å². The Morgan fingerprint density at radius 1 is 1.09 bits per heavy atom. The summed E-state index contributed by atoms with van der Waals surface area (Å²) in [6.45, 7) is 4.07. The average Bonchev–Trinajstić information content (AvgIpc) is 3.33. The highest BCUT2D eigenvalue weighted by molar-refractivity contribution is 9.10. The molecular weight excluding hydrogens is 676 g/mol. The van der Waals surface area contributed by atoms with Gasteiger partial charge in [0.05, 0.1) is 40.0 Å². The van der Waals surface area contributed by atoms with Crippen LogP contribution in [-0.2, 0) is 16.1 Å². The Morgan fingerprint density at radius 2 is 1.84 bits per heavy atom. The molecule has 0 aliphatic carbocycles. The first kappa shape index (κ1) is 30.8. The maximum atomic E-state index is 14.2. The highest BCUT2D eigenvalue weighted by atomic mass is 79.9. The van der Waals surface area contributed by atoms with Crippen LogP contribution in [0, 0.1) is 0 Å². The molecule has 0 spiro atoms. The second kappa shape index (κ2) is 13.0. The van der Waals surface area contributed by atoms with Gasteiger partial charge in [-0.15, -0.1) is 0 Å². The highest BCUT2D eigenvalue weighted by Crippen LogP contribution is 2.38. The van der Waals surface area contributed by atoms with Gasteiger partial charge in [0.15, 0.2) is 16.3 Å². The van der Waals surface area contributed by atoms with Crippen LogP contribution in [-0.4, -0.2) is 24.3 Å². The van der Waals surface area contributed by atoms with Gasteiger partial charge in [0.25, 0.3) is 5.56 Å². The van der Waals surface area contributed by atoms with Gasteiger partial charge in [-0.25, -0.2) is 9.79 Å².